The second kappa shape index (κ2) is 22.8. The standard InChI is InChI=1S/C27H28F3N7O4.C16H15F3N4.C10H15N3O3/c1-26(2)40-15-20(41-26)14-39-24-32-10-18(11-33-24)34-25(38)37-19-7-4-8-36(13-19)21-12-31-22(35-23(21)37)16-5-3-6-17(9-16)27(28,29)30;17-16(18,19)11-4-1-3-10(7-11)14-20-8-13-15(22-14)21-12-5-2-6-23(13)9-12;1-10(2)15-6-8(16-10)5-14-9-12-3-7(11)4-13-9/h3,5-6,9-12,19-20H,4,7-8,13-15H2,1-2H3,(H,34,38);1,3-4,7-8,12H,2,5-6,9H2,(H,20,21,22);3-4,8H,5-6,11H2,1-2H3/t19-,20+;12-;8-/m001/s1. The maximum atomic E-state index is 13.6. The first-order chi connectivity index (χ1) is 38.1. The molecule has 27 heteroatoms. The van der Waals surface area contributed by atoms with Gasteiger partial charge in [-0.2, -0.15) is 26.3 Å². The number of amides is 2. The summed E-state index contributed by atoms with van der Waals surface area (Å²) in [6, 6.07) is 10.1. The summed E-state index contributed by atoms with van der Waals surface area (Å²) in [5, 5.41) is 6.18. The molecule has 0 saturated carbocycles. The second-order valence-corrected chi connectivity index (χ2v) is 20.5. The van der Waals surface area contributed by atoms with Crippen LogP contribution in [-0.4, -0.2) is 134 Å². The lowest BCUT2D eigenvalue weighted by Gasteiger charge is -2.45. The number of aromatic nitrogens is 8. The van der Waals surface area contributed by atoms with Gasteiger partial charge in [-0.05, 0) is 77.6 Å². The lowest BCUT2D eigenvalue weighted by Crippen LogP contribution is -2.56. The normalized spacial score (nSPS) is 21.4. The van der Waals surface area contributed by atoms with Crippen molar-refractivity contribution in [2.45, 2.75) is 102 Å². The minimum Gasteiger partial charge on any atom is -0.461 e. The van der Waals surface area contributed by atoms with Crippen molar-refractivity contribution in [1.29, 1.82) is 0 Å². The highest BCUT2D eigenvalue weighted by Gasteiger charge is 2.40. The van der Waals surface area contributed by atoms with E-state index in [1.54, 1.807) is 23.4 Å². The van der Waals surface area contributed by atoms with Crippen LogP contribution in [0.3, 0.4) is 0 Å². The van der Waals surface area contributed by atoms with Crippen LogP contribution in [0.1, 0.15) is 64.5 Å². The topological polar surface area (TPSA) is 235 Å². The molecule has 4 N–H and O–H groups in total. The summed E-state index contributed by atoms with van der Waals surface area (Å²) in [5.41, 5.74) is 6.97. The molecule has 6 aliphatic heterocycles. The van der Waals surface area contributed by atoms with Gasteiger partial charge >= 0.3 is 30.4 Å². The second-order valence-electron chi connectivity index (χ2n) is 20.5. The van der Waals surface area contributed by atoms with Crippen molar-refractivity contribution in [1.82, 2.24) is 39.9 Å². The monoisotopic (exact) mass is 1120 g/mol. The molecule has 0 radical (unpaired) electrons. The predicted molar refractivity (Wildman–Crippen MR) is 280 cm³/mol. The van der Waals surface area contributed by atoms with Crippen molar-refractivity contribution in [3.63, 3.8) is 0 Å². The maximum Gasteiger partial charge on any atom is 0.416 e. The fourth-order valence-corrected chi connectivity index (χ4v) is 9.82. The highest BCUT2D eigenvalue weighted by atomic mass is 19.4. The first-order valence-corrected chi connectivity index (χ1v) is 25.9. The molecule has 21 nitrogen and oxygen atoms in total. The van der Waals surface area contributed by atoms with E-state index < -0.39 is 41.1 Å². The maximum absolute atomic E-state index is 13.6. The van der Waals surface area contributed by atoms with Crippen LogP contribution in [0.15, 0.2) is 85.7 Å². The summed E-state index contributed by atoms with van der Waals surface area (Å²) >= 11 is 0. The van der Waals surface area contributed by atoms with Gasteiger partial charge in [0.2, 0.25) is 0 Å². The van der Waals surface area contributed by atoms with Gasteiger partial charge in [-0.1, -0.05) is 24.3 Å². The van der Waals surface area contributed by atoms with Crippen LogP contribution < -0.4 is 40.5 Å². The first kappa shape index (κ1) is 55.6. The Labute approximate surface area is 455 Å². The number of fused-ring (bicyclic) bond motifs is 8. The molecule has 4 aromatic heterocycles. The molecule has 2 aromatic carbocycles. The van der Waals surface area contributed by atoms with Crippen molar-refractivity contribution >= 4 is 40.4 Å². The lowest BCUT2D eigenvalue weighted by molar-refractivity contribution is -0.142. The number of urea groups is 1. The van der Waals surface area contributed by atoms with Gasteiger partial charge in [-0.25, -0.2) is 44.7 Å². The first-order valence-electron chi connectivity index (χ1n) is 25.9. The Morgan fingerprint density at radius 3 is 1.77 bits per heavy atom. The van der Waals surface area contributed by atoms with Crippen molar-refractivity contribution in [2.24, 2.45) is 0 Å². The minimum atomic E-state index is -4.50. The molecule has 0 unspecified atom stereocenters. The largest absolute Gasteiger partial charge is 0.461 e. The molecule has 80 heavy (non-hydrogen) atoms. The molecule has 2 amide bonds. The number of ether oxygens (including phenoxy) is 6. The predicted octanol–water partition coefficient (Wildman–Crippen LogP) is 8.65. The highest BCUT2D eigenvalue weighted by Crippen LogP contribution is 2.40. The van der Waals surface area contributed by atoms with Crippen LogP contribution in [0.25, 0.3) is 22.8 Å². The van der Waals surface area contributed by atoms with Crippen LogP contribution in [-0.2, 0) is 31.3 Å². The molecule has 0 aliphatic carbocycles. The van der Waals surface area contributed by atoms with Crippen LogP contribution >= 0.6 is 0 Å². The van der Waals surface area contributed by atoms with E-state index in [0.29, 0.717) is 78.5 Å². The molecule has 424 valence electrons. The molecule has 4 atom stereocenters. The summed E-state index contributed by atoms with van der Waals surface area (Å²) < 4.78 is 112. The Morgan fingerprint density at radius 1 is 0.700 bits per heavy atom. The van der Waals surface area contributed by atoms with Gasteiger partial charge < -0.3 is 54.6 Å². The van der Waals surface area contributed by atoms with E-state index in [1.807, 2.05) is 27.7 Å². The third kappa shape index (κ3) is 13.5. The average molecular weight is 1120 g/mol. The third-order valence-corrected chi connectivity index (χ3v) is 13.5. The number of benzene rings is 2. The number of hydrogen-bond acceptors (Lipinski definition) is 19. The lowest BCUT2D eigenvalue weighted by atomic mass is 10.0. The average Bonchev–Trinajstić information content (AvgIpc) is 3.99. The van der Waals surface area contributed by atoms with E-state index in [9.17, 15) is 31.1 Å². The molecule has 12 rings (SSSR count). The van der Waals surface area contributed by atoms with Gasteiger partial charge in [0.1, 0.15) is 25.4 Å². The Balaban J connectivity index is 0.000000154. The van der Waals surface area contributed by atoms with Crippen LogP contribution in [0.4, 0.5) is 65.5 Å². The Kier molecular flexibility index (Phi) is 15.8. The SMILES string of the molecule is CC1(C)OC[C@@H](COc2ncc(N)cn2)O1.CC1(C)OC[C@@H](COc2ncc(NC(=O)N3c4nc(-c5cccc(C(F)(F)F)c5)ncc4N4CCC[C@H]3C4)cn2)O1.FC(F)(F)c1cccc(-c2ncc3c(n2)N[C@H]2CCCN3C2)c1. The molecule has 4 saturated heterocycles. The number of alkyl halides is 6. The van der Waals surface area contributed by atoms with Gasteiger partial charge in [-0.3, -0.25) is 4.90 Å². The van der Waals surface area contributed by atoms with Crippen LogP contribution in [0, 0.1) is 0 Å². The van der Waals surface area contributed by atoms with E-state index in [2.05, 4.69) is 60.3 Å². The van der Waals surface area contributed by atoms with E-state index in [1.165, 1.54) is 43.0 Å². The zero-order valence-corrected chi connectivity index (χ0v) is 44.0. The summed E-state index contributed by atoms with van der Waals surface area (Å²) in [7, 11) is 0. The van der Waals surface area contributed by atoms with Crippen molar-refractivity contribution in [3.8, 4) is 34.8 Å². The molecule has 0 spiro atoms. The van der Waals surface area contributed by atoms with Crippen molar-refractivity contribution in [3.05, 3.63) is 96.8 Å². The minimum absolute atomic E-state index is 0.0869. The van der Waals surface area contributed by atoms with Crippen LogP contribution in [0.5, 0.6) is 12.0 Å². The van der Waals surface area contributed by atoms with Crippen molar-refractivity contribution < 1.29 is 59.6 Å². The summed E-state index contributed by atoms with van der Waals surface area (Å²) in [4.78, 5) is 53.3. The Hall–Kier alpha value is -7.75. The van der Waals surface area contributed by atoms with Gasteiger partial charge in [-0.15, -0.1) is 0 Å². The van der Waals surface area contributed by atoms with E-state index in [4.69, 9.17) is 34.2 Å². The summed E-state index contributed by atoms with van der Waals surface area (Å²) in [5.74, 6) is 0.259. The number of nitrogens with zero attached hydrogens (tertiary/aromatic N) is 11. The Morgan fingerprint density at radius 2 is 1.23 bits per heavy atom. The number of nitrogen functional groups attached to an aromatic ring is 1. The fourth-order valence-electron chi connectivity index (χ4n) is 9.82. The highest BCUT2D eigenvalue weighted by molar-refractivity contribution is 6.04. The van der Waals surface area contributed by atoms with Gasteiger partial charge in [0, 0.05) is 43.3 Å². The smallest absolute Gasteiger partial charge is 0.416 e. The molecular formula is C53H58F6N14O7. The number of carbonyl (C=O) groups excluding carboxylic acids is 1. The zero-order chi connectivity index (χ0) is 56.4. The Bertz CT molecular complexity index is 3140. The number of hydrogen-bond donors (Lipinski definition) is 3. The molecular weight excluding hydrogens is 1060 g/mol. The van der Waals surface area contributed by atoms with Crippen LogP contribution in [0.2, 0.25) is 0 Å². The fraction of sp³-hybridized carbons (Fsp3) is 0.453. The number of nitrogens with one attached hydrogen (secondary N) is 2. The number of anilines is 6. The molecule has 6 aromatic rings. The molecule has 10 heterocycles. The number of halogens is 6. The quantitative estimate of drug-likeness (QED) is 0.115. The van der Waals surface area contributed by atoms with Crippen molar-refractivity contribution in [2.75, 3.05) is 83.7 Å². The number of piperidine rings is 2. The van der Waals surface area contributed by atoms with Gasteiger partial charge in [0.25, 0.3) is 0 Å². The van der Waals surface area contributed by atoms with E-state index >= 15 is 0 Å². The number of nitrogens with two attached hydrogens (primary N) is 1. The van der Waals surface area contributed by atoms with E-state index in [0.717, 1.165) is 75.3 Å². The summed E-state index contributed by atoms with van der Waals surface area (Å²) in [6.07, 6.45) is 3.74. The summed E-state index contributed by atoms with van der Waals surface area (Å²) in [6.45, 7) is 12.2. The van der Waals surface area contributed by atoms with Gasteiger partial charge in [0.05, 0.1) is 90.3 Å². The van der Waals surface area contributed by atoms with Gasteiger partial charge in [0.15, 0.2) is 34.9 Å². The zero-order valence-electron chi connectivity index (χ0n) is 44.0. The molecule has 6 aliphatic rings. The number of carbonyl (C=O) groups is 1. The third-order valence-electron chi connectivity index (χ3n) is 13.5. The molecule has 4 bridgehead atoms. The van der Waals surface area contributed by atoms with E-state index in [-0.39, 0.29) is 42.3 Å². The number of rotatable bonds is 9. The molecule has 4 fully saturated rings.